The molecule has 1 aliphatic heterocycles. The monoisotopic (exact) mass is 609 g/mol. The van der Waals surface area contributed by atoms with E-state index in [0.29, 0.717) is 50.0 Å². The number of amides is 1. The van der Waals surface area contributed by atoms with Crippen LogP contribution >= 0.6 is 0 Å². The van der Waals surface area contributed by atoms with Crippen LogP contribution in [0.5, 0.6) is 0 Å². The number of aliphatic hydroxyl groups excluding tert-OH is 4. The van der Waals surface area contributed by atoms with Crippen molar-refractivity contribution in [2.45, 2.75) is 142 Å². The number of allylic oxidation sites excluding steroid dienone is 3. The molecule has 0 spiro atoms. The number of β-amino-alcohol motifs (C(OH)–C–C–N with tert-alkyl or cyclic N) is 1. The zero-order valence-electron chi connectivity index (χ0n) is 27.0. The number of carbonyl (C=O) groups excluding carboxylic acids is 3. The quantitative estimate of drug-likeness (QED) is 0.291. The summed E-state index contributed by atoms with van der Waals surface area (Å²) < 4.78 is 5.57. The van der Waals surface area contributed by atoms with Crippen LogP contribution in [0.2, 0.25) is 0 Å². The highest BCUT2D eigenvalue weighted by Crippen LogP contribution is 2.22. The fourth-order valence-electron chi connectivity index (χ4n) is 5.46. The Kier molecular flexibility index (Phi) is 20.3. The van der Waals surface area contributed by atoms with Gasteiger partial charge in [0.1, 0.15) is 5.78 Å². The molecule has 0 fully saturated rings. The van der Waals surface area contributed by atoms with Crippen molar-refractivity contribution in [2.24, 2.45) is 17.8 Å². The first-order valence-corrected chi connectivity index (χ1v) is 16.5. The molecule has 1 aliphatic rings. The molecule has 5 N–H and O–H groups in total. The fourth-order valence-corrected chi connectivity index (χ4v) is 5.46. The van der Waals surface area contributed by atoms with Crippen LogP contribution in [0.25, 0.3) is 0 Å². The summed E-state index contributed by atoms with van der Waals surface area (Å²) in [7, 11) is 0. The number of ether oxygens (including phenoxy) is 1. The second kappa shape index (κ2) is 22.4. The van der Waals surface area contributed by atoms with E-state index in [1.807, 2.05) is 19.1 Å². The molecule has 0 radical (unpaired) electrons. The Labute approximate surface area is 259 Å². The highest BCUT2D eigenvalue weighted by Gasteiger charge is 2.27. The molecule has 1 unspecified atom stereocenters. The Morgan fingerprint density at radius 3 is 2.30 bits per heavy atom. The number of rotatable bonds is 4. The molecule has 0 saturated carbocycles. The minimum Gasteiger partial charge on any atom is -0.452 e. The molecule has 0 bridgehead atoms. The molecule has 0 saturated heterocycles. The first-order chi connectivity index (χ1) is 20.5. The van der Waals surface area contributed by atoms with Crippen molar-refractivity contribution in [2.75, 3.05) is 13.2 Å². The van der Waals surface area contributed by atoms with Crippen molar-refractivity contribution in [1.82, 2.24) is 5.32 Å². The molecule has 7 atom stereocenters. The Morgan fingerprint density at radius 1 is 0.907 bits per heavy atom. The Balaban J connectivity index is 2.92. The molecule has 0 aliphatic carbocycles. The zero-order chi connectivity index (χ0) is 32.2. The van der Waals surface area contributed by atoms with Crippen LogP contribution in [-0.4, -0.2) is 75.7 Å². The number of nitrogens with one attached hydrogen (secondary N) is 1. The lowest BCUT2D eigenvalue weighted by Gasteiger charge is -2.23. The number of esters is 1. The molecule has 9 nitrogen and oxygen atoms in total. The normalized spacial score (nSPS) is 33.3. The third-order valence-corrected chi connectivity index (χ3v) is 8.37. The summed E-state index contributed by atoms with van der Waals surface area (Å²) in [5, 5.41) is 43.6. The Bertz CT molecular complexity index is 872. The summed E-state index contributed by atoms with van der Waals surface area (Å²) in [5.41, 5.74) is 0.716. The van der Waals surface area contributed by atoms with E-state index >= 15 is 0 Å². The SMILES string of the molecule is CCCC1OC(=O)[C@@H](C)C[C@@H](C)CCCCC(=O)CCC[C@@H](CC)/C=C/C=C(\CO)CC[C@@H](O)[C@@H](O)C[C@H](O)CNC1=O. The van der Waals surface area contributed by atoms with E-state index in [4.69, 9.17) is 4.74 Å². The van der Waals surface area contributed by atoms with Gasteiger partial charge >= 0.3 is 5.97 Å². The molecule has 1 amide bonds. The van der Waals surface area contributed by atoms with Gasteiger partial charge in [-0.3, -0.25) is 14.4 Å². The molecule has 9 heteroatoms. The van der Waals surface area contributed by atoms with E-state index in [-0.39, 0.29) is 43.6 Å². The summed E-state index contributed by atoms with van der Waals surface area (Å²) in [6.45, 7) is 7.56. The molecular formula is C34H59NO8. The van der Waals surface area contributed by atoms with E-state index in [1.54, 1.807) is 6.92 Å². The molecule has 0 aromatic rings. The number of Topliss-reactive ketones (excluding diaryl/α,β-unsaturated/α-hetero) is 1. The Morgan fingerprint density at radius 2 is 1.63 bits per heavy atom. The third-order valence-electron chi connectivity index (χ3n) is 8.37. The standard InChI is InChI=1S/C34H59NO8/c1-5-11-32-33(41)35-22-29(38)21-31(40)30(39)19-18-27(23-36)15-9-13-26(6-2)14-10-17-28(37)16-8-7-12-24(3)20-25(4)34(42)43-32/h9,13,15,24-26,29-32,36,38-40H,5-8,10-12,14,16-23H2,1-4H3,(H,35,41)/b13-9+,27-15-/t24-,25-,26-,29-,30+,31-,32?/m0/s1. The lowest BCUT2D eigenvalue weighted by Crippen LogP contribution is -2.43. The fraction of sp³-hybridized carbons (Fsp3) is 0.794. The van der Waals surface area contributed by atoms with Crippen molar-refractivity contribution in [1.29, 1.82) is 0 Å². The van der Waals surface area contributed by atoms with Crippen molar-refractivity contribution < 1.29 is 39.5 Å². The van der Waals surface area contributed by atoms with Gasteiger partial charge in [-0.05, 0) is 68.8 Å². The van der Waals surface area contributed by atoms with E-state index in [1.165, 1.54) is 0 Å². The second-order valence-electron chi connectivity index (χ2n) is 12.5. The smallest absolute Gasteiger partial charge is 0.309 e. The summed E-state index contributed by atoms with van der Waals surface area (Å²) in [6.07, 6.45) is 9.97. The predicted octanol–water partition coefficient (Wildman–Crippen LogP) is 4.54. The van der Waals surface area contributed by atoms with Crippen LogP contribution in [0.1, 0.15) is 118 Å². The van der Waals surface area contributed by atoms with Gasteiger partial charge in [0, 0.05) is 25.8 Å². The molecule has 1 rings (SSSR count). The summed E-state index contributed by atoms with van der Waals surface area (Å²) in [6, 6.07) is 0. The number of ketones is 1. The molecule has 43 heavy (non-hydrogen) atoms. The molecule has 0 aromatic heterocycles. The average molecular weight is 610 g/mol. The first-order valence-electron chi connectivity index (χ1n) is 16.5. The van der Waals surface area contributed by atoms with Crippen LogP contribution in [0.4, 0.5) is 0 Å². The van der Waals surface area contributed by atoms with Gasteiger partial charge in [-0.1, -0.05) is 65.2 Å². The topological polar surface area (TPSA) is 153 Å². The van der Waals surface area contributed by atoms with E-state index < -0.39 is 36.3 Å². The van der Waals surface area contributed by atoms with Crippen LogP contribution in [0.3, 0.4) is 0 Å². The number of hydrogen-bond acceptors (Lipinski definition) is 8. The van der Waals surface area contributed by atoms with Gasteiger partial charge < -0.3 is 30.5 Å². The van der Waals surface area contributed by atoms with Crippen molar-refractivity contribution in [3.63, 3.8) is 0 Å². The maximum absolute atomic E-state index is 12.8. The van der Waals surface area contributed by atoms with Gasteiger partial charge in [0.05, 0.1) is 30.8 Å². The van der Waals surface area contributed by atoms with Crippen molar-refractivity contribution in [3.05, 3.63) is 23.8 Å². The number of cyclic esters (lactones) is 1. The first kappa shape index (κ1) is 39.0. The van der Waals surface area contributed by atoms with E-state index in [9.17, 15) is 34.8 Å². The number of hydrogen-bond donors (Lipinski definition) is 5. The van der Waals surface area contributed by atoms with Crippen LogP contribution in [0, 0.1) is 17.8 Å². The van der Waals surface area contributed by atoms with Crippen LogP contribution in [-0.2, 0) is 19.1 Å². The van der Waals surface area contributed by atoms with Crippen molar-refractivity contribution in [3.8, 4) is 0 Å². The maximum atomic E-state index is 12.8. The molecular weight excluding hydrogens is 550 g/mol. The molecule has 248 valence electrons. The van der Waals surface area contributed by atoms with Gasteiger partial charge in [0.2, 0.25) is 0 Å². The van der Waals surface area contributed by atoms with Gasteiger partial charge in [-0.2, -0.15) is 0 Å². The lowest BCUT2D eigenvalue weighted by atomic mass is 9.92. The Hall–Kier alpha value is -2.07. The van der Waals surface area contributed by atoms with Crippen LogP contribution in [0.15, 0.2) is 23.8 Å². The average Bonchev–Trinajstić information content (AvgIpc) is 2.97. The summed E-state index contributed by atoms with van der Waals surface area (Å²) in [5.74, 6) is -0.417. The van der Waals surface area contributed by atoms with E-state index in [0.717, 1.165) is 38.5 Å². The lowest BCUT2D eigenvalue weighted by molar-refractivity contribution is -0.160. The van der Waals surface area contributed by atoms with Crippen molar-refractivity contribution >= 4 is 17.7 Å². The minimum absolute atomic E-state index is 0.145. The maximum Gasteiger partial charge on any atom is 0.309 e. The molecule has 1 heterocycles. The molecule has 0 aromatic carbocycles. The van der Waals surface area contributed by atoms with Gasteiger partial charge in [-0.25, -0.2) is 0 Å². The highest BCUT2D eigenvalue weighted by molar-refractivity contribution is 5.84. The van der Waals surface area contributed by atoms with Gasteiger partial charge in [0.15, 0.2) is 6.10 Å². The zero-order valence-corrected chi connectivity index (χ0v) is 27.0. The predicted molar refractivity (Wildman–Crippen MR) is 168 cm³/mol. The minimum atomic E-state index is -1.21. The van der Waals surface area contributed by atoms with E-state index in [2.05, 4.69) is 25.2 Å². The summed E-state index contributed by atoms with van der Waals surface area (Å²) >= 11 is 0. The van der Waals surface area contributed by atoms with Crippen LogP contribution < -0.4 is 5.32 Å². The third kappa shape index (κ3) is 17.1. The largest absolute Gasteiger partial charge is 0.452 e. The van der Waals surface area contributed by atoms with Gasteiger partial charge in [0.25, 0.3) is 5.91 Å². The second-order valence-corrected chi connectivity index (χ2v) is 12.5. The number of aliphatic hydroxyl groups is 4. The highest BCUT2D eigenvalue weighted by atomic mass is 16.5. The number of carbonyl (C=O) groups is 3. The summed E-state index contributed by atoms with van der Waals surface area (Å²) in [4.78, 5) is 38.0. The van der Waals surface area contributed by atoms with Gasteiger partial charge in [-0.15, -0.1) is 0 Å².